The summed E-state index contributed by atoms with van der Waals surface area (Å²) in [6.45, 7) is 0.845. The molecule has 0 unspecified atom stereocenters. The number of fused-ring (bicyclic) bond motifs is 1. The molecule has 0 aliphatic carbocycles. The molecule has 0 fully saturated rings. The van der Waals surface area contributed by atoms with Crippen molar-refractivity contribution in [2.45, 2.75) is 6.54 Å². The number of benzene rings is 2. The van der Waals surface area contributed by atoms with Crippen LogP contribution in [-0.4, -0.2) is 7.05 Å². The third kappa shape index (κ3) is 2.69. The molecule has 0 radical (unpaired) electrons. The Morgan fingerprint density at radius 1 is 1.00 bits per heavy atom. The molecule has 0 spiro atoms. The lowest BCUT2D eigenvalue weighted by molar-refractivity contribution is 0.598. The SMILES string of the molecule is CNNCc1cccc2ccccc12.Cl. The lowest BCUT2D eigenvalue weighted by Crippen LogP contribution is -2.26. The van der Waals surface area contributed by atoms with Gasteiger partial charge in [-0.3, -0.25) is 10.9 Å². The van der Waals surface area contributed by atoms with Gasteiger partial charge in [-0.2, -0.15) is 0 Å². The first-order valence-electron chi connectivity index (χ1n) is 4.78. The summed E-state index contributed by atoms with van der Waals surface area (Å²) in [7, 11) is 1.88. The molecule has 0 bridgehead atoms. The number of rotatable bonds is 3. The summed E-state index contributed by atoms with van der Waals surface area (Å²) in [6, 6.07) is 14.8. The van der Waals surface area contributed by atoms with E-state index < -0.39 is 0 Å². The Morgan fingerprint density at radius 3 is 2.53 bits per heavy atom. The number of hydrogen-bond donors (Lipinski definition) is 2. The van der Waals surface area contributed by atoms with Crippen LogP contribution in [0.1, 0.15) is 5.56 Å². The van der Waals surface area contributed by atoms with Gasteiger partial charge in [0.05, 0.1) is 0 Å². The molecule has 3 heteroatoms. The van der Waals surface area contributed by atoms with Crippen molar-refractivity contribution in [2.75, 3.05) is 7.05 Å². The highest BCUT2D eigenvalue weighted by molar-refractivity contribution is 5.85. The Morgan fingerprint density at radius 2 is 1.73 bits per heavy atom. The quantitative estimate of drug-likeness (QED) is 0.780. The minimum atomic E-state index is 0. The lowest BCUT2D eigenvalue weighted by atomic mass is 10.1. The predicted molar refractivity (Wildman–Crippen MR) is 67.1 cm³/mol. The van der Waals surface area contributed by atoms with Gasteiger partial charge < -0.3 is 0 Å². The molecule has 2 aromatic rings. The first-order valence-corrected chi connectivity index (χ1v) is 4.78. The maximum Gasteiger partial charge on any atom is 0.0357 e. The van der Waals surface area contributed by atoms with Crippen molar-refractivity contribution < 1.29 is 0 Å². The highest BCUT2D eigenvalue weighted by atomic mass is 35.5. The van der Waals surface area contributed by atoms with Crippen LogP contribution in [0.3, 0.4) is 0 Å². The van der Waals surface area contributed by atoms with Crippen molar-refractivity contribution in [3.8, 4) is 0 Å². The molecule has 0 heterocycles. The Balaban J connectivity index is 0.00000112. The van der Waals surface area contributed by atoms with E-state index in [1.165, 1.54) is 16.3 Å². The first kappa shape index (κ1) is 12.0. The van der Waals surface area contributed by atoms with E-state index in [2.05, 4.69) is 53.3 Å². The van der Waals surface area contributed by atoms with Crippen LogP contribution in [0.4, 0.5) is 0 Å². The van der Waals surface area contributed by atoms with Crippen molar-refractivity contribution >= 4 is 23.2 Å². The molecule has 0 aromatic heterocycles. The van der Waals surface area contributed by atoms with E-state index in [1.807, 2.05) is 7.05 Å². The molecule has 0 saturated heterocycles. The lowest BCUT2D eigenvalue weighted by Gasteiger charge is -2.06. The van der Waals surface area contributed by atoms with Crippen LogP contribution >= 0.6 is 12.4 Å². The van der Waals surface area contributed by atoms with Gasteiger partial charge in [0, 0.05) is 6.54 Å². The van der Waals surface area contributed by atoms with Gasteiger partial charge in [0.25, 0.3) is 0 Å². The third-order valence-corrected chi connectivity index (χ3v) is 2.34. The second-order valence-corrected chi connectivity index (χ2v) is 3.24. The minimum absolute atomic E-state index is 0. The van der Waals surface area contributed by atoms with Crippen molar-refractivity contribution in [3.63, 3.8) is 0 Å². The van der Waals surface area contributed by atoms with Crippen LogP contribution in [0.15, 0.2) is 42.5 Å². The Hall–Kier alpha value is -1.09. The standard InChI is InChI=1S/C12H14N2.ClH/c1-13-14-9-11-7-4-6-10-5-2-3-8-12(10)11;/h2-8,13-14H,9H2,1H3;1H. The van der Waals surface area contributed by atoms with Crippen LogP contribution < -0.4 is 10.9 Å². The van der Waals surface area contributed by atoms with Crippen LogP contribution in [0.2, 0.25) is 0 Å². The van der Waals surface area contributed by atoms with Crippen molar-refractivity contribution in [3.05, 3.63) is 48.0 Å². The summed E-state index contributed by atoms with van der Waals surface area (Å²) in [5.41, 5.74) is 7.35. The first-order chi connectivity index (χ1) is 6.92. The van der Waals surface area contributed by atoms with Gasteiger partial charge in [0.1, 0.15) is 0 Å². The van der Waals surface area contributed by atoms with Gasteiger partial charge in [-0.15, -0.1) is 12.4 Å². The maximum absolute atomic E-state index is 3.11. The summed E-state index contributed by atoms with van der Waals surface area (Å²) < 4.78 is 0. The fourth-order valence-electron chi connectivity index (χ4n) is 1.63. The van der Waals surface area contributed by atoms with Crippen LogP contribution in [0.25, 0.3) is 10.8 Å². The van der Waals surface area contributed by atoms with Crippen molar-refractivity contribution in [1.29, 1.82) is 0 Å². The van der Waals surface area contributed by atoms with E-state index in [0.717, 1.165) is 6.54 Å². The largest absolute Gasteiger partial charge is 0.261 e. The van der Waals surface area contributed by atoms with E-state index in [-0.39, 0.29) is 12.4 Å². The van der Waals surface area contributed by atoms with Gasteiger partial charge in [0.2, 0.25) is 0 Å². The highest BCUT2D eigenvalue weighted by Crippen LogP contribution is 2.17. The average Bonchev–Trinajstić information content (AvgIpc) is 2.26. The molecule has 2 nitrogen and oxygen atoms in total. The van der Waals surface area contributed by atoms with Gasteiger partial charge in [-0.25, -0.2) is 0 Å². The molecule has 0 amide bonds. The summed E-state index contributed by atoms with van der Waals surface area (Å²) in [6.07, 6.45) is 0. The average molecular weight is 223 g/mol. The molecular formula is C12H15ClN2. The molecule has 80 valence electrons. The normalized spacial score (nSPS) is 9.93. The molecule has 0 saturated carbocycles. The van der Waals surface area contributed by atoms with Crippen LogP contribution in [0, 0.1) is 0 Å². The van der Waals surface area contributed by atoms with Gasteiger partial charge in [-0.1, -0.05) is 42.5 Å². The fraction of sp³-hybridized carbons (Fsp3) is 0.167. The molecule has 0 atom stereocenters. The molecule has 0 aliphatic heterocycles. The van der Waals surface area contributed by atoms with Crippen LogP contribution in [-0.2, 0) is 6.54 Å². The van der Waals surface area contributed by atoms with Crippen LogP contribution in [0.5, 0.6) is 0 Å². The van der Waals surface area contributed by atoms with E-state index in [4.69, 9.17) is 0 Å². The Bertz CT molecular complexity index is 423. The van der Waals surface area contributed by atoms with E-state index in [9.17, 15) is 0 Å². The monoisotopic (exact) mass is 222 g/mol. The number of hydrazine groups is 1. The highest BCUT2D eigenvalue weighted by Gasteiger charge is 1.97. The number of hydrogen-bond acceptors (Lipinski definition) is 2. The summed E-state index contributed by atoms with van der Waals surface area (Å²) >= 11 is 0. The molecule has 15 heavy (non-hydrogen) atoms. The minimum Gasteiger partial charge on any atom is -0.261 e. The molecule has 2 rings (SSSR count). The Labute approximate surface area is 96.1 Å². The van der Waals surface area contributed by atoms with E-state index in [1.54, 1.807) is 0 Å². The zero-order chi connectivity index (χ0) is 9.80. The smallest absolute Gasteiger partial charge is 0.0357 e. The summed E-state index contributed by atoms with van der Waals surface area (Å²) in [5.74, 6) is 0. The third-order valence-electron chi connectivity index (χ3n) is 2.34. The Kier molecular flexibility index (Phi) is 4.56. The zero-order valence-corrected chi connectivity index (χ0v) is 9.47. The zero-order valence-electron chi connectivity index (χ0n) is 8.66. The fourth-order valence-corrected chi connectivity index (χ4v) is 1.63. The second-order valence-electron chi connectivity index (χ2n) is 3.24. The molecule has 0 aliphatic rings. The van der Waals surface area contributed by atoms with Crippen molar-refractivity contribution in [2.24, 2.45) is 0 Å². The number of halogens is 1. The summed E-state index contributed by atoms with van der Waals surface area (Å²) in [4.78, 5) is 0. The topological polar surface area (TPSA) is 24.1 Å². The van der Waals surface area contributed by atoms with Gasteiger partial charge >= 0.3 is 0 Å². The molecule has 2 N–H and O–H groups in total. The second kappa shape index (κ2) is 5.71. The maximum atomic E-state index is 3.11. The number of nitrogens with one attached hydrogen (secondary N) is 2. The van der Waals surface area contributed by atoms with E-state index in [0.29, 0.717) is 0 Å². The van der Waals surface area contributed by atoms with Gasteiger partial charge in [-0.05, 0) is 23.4 Å². The van der Waals surface area contributed by atoms with Gasteiger partial charge in [0.15, 0.2) is 0 Å². The summed E-state index contributed by atoms with van der Waals surface area (Å²) in [5, 5.41) is 2.61. The molecular weight excluding hydrogens is 208 g/mol. The van der Waals surface area contributed by atoms with E-state index >= 15 is 0 Å². The van der Waals surface area contributed by atoms with Crippen molar-refractivity contribution in [1.82, 2.24) is 10.9 Å². The molecule has 2 aromatic carbocycles. The predicted octanol–water partition coefficient (Wildman–Crippen LogP) is 2.49.